The lowest BCUT2D eigenvalue weighted by Gasteiger charge is -2.36. The van der Waals surface area contributed by atoms with Gasteiger partial charge in [-0.3, -0.25) is 4.79 Å². The number of nitrogens with zero attached hydrogens (tertiary/aromatic N) is 1. The lowest BCUT2D eigenvalue weighted by Crippen LogP contribution is -2.37. The van der Waals surface area contributed by atoms with E-state index in [1.165, 1.54) is 0 Å². The Morgan fingerprint density at radius 1 is 1.26 bits per heavy atom. The van der Waals surface area contributed by atoms with Crippen molar-refractivity contribution in [3.63, 3.8) is 0 Å². The summed E-state index contributed by atoms with van der Waals surface area (Å²) in [6.07, 6.45) is 5.81. The minimum absolute atomic E-state index is 0.183. The van der Waals surface area contributed by atoms with Crippen LogP contribution < -0.4 is 4.74 Å². The molecule has 27 heavy (non-hydrogen) atoms. The third kappa shape index (κ3) is 4.45. The first kappa shape index (κ1) is 20.1. The molecule has 0 aromatic heterocycles. The number of fused-ring (bicyclic) bond motifs is 1. The third-order valence-corrected chi connectivity index (χ3v) is 6.13. The monoisotopic (exact) mass is 377 g/mol. The zero-order valence-electron chi connectivity index (χ0n) is 16.8. The van der Waals surface area contributed by atoms with Crippen LogP contribution in [0.1, 0.15) is 75.2 Å². The van der Waals surface area contributed by atoms with E-state index in [2.05, 4.69) is 6.92 Å². The van der Waals surface area contributed by atoms with E-state index in [-0.39, 0.29) is 17.2 Å². The van der Waals surface area contributed by atoms with Crippen molar-refractivity contribution in [3.05, 3.63) is 29.1 Å². The molecule has 0 radical (unpaired) electrons. The molecule has 0 saturated heterocycles. The predicted molar refractivity (Wildman–Crippen MR) is 103 cm³/mol. The molecule has 2 aliphatic rings. The molecule has 1 saturated carbocycles. The van der Waals surface area contributed by atoms with Crippen LogP contribution in [0.3, 0.4) is 0 Å². The molecule has 3 rings (SSSR count). The summed E-state index contributed by atoms with van der Waals surface area (Å²) >= 11 is 0. The van der Waals surface area contributed by atoms with Crippen molar-refractivity contribution in [2.45, 2.75) is 71.4 Å². The van der Waals surface area contributed by atoms with E-state index in [0.29, 0.717) is 31.5 Å². The molecule has 0 spiro atoms. The van der Waals surface area contributed by atoms with Gasteiger partial charge >= 0.3 is 0 Å². The number of rotatable bonds is 7. The Labute approximate surface area is 161 Å². The van der Waals surface area contributed by atoms with E-state index < -0.39 is 11.4 Å². The summed E-state index contributed by atoms with van der Waals surface area (Å²) in [5, 5.41) is 10.2. The second kappa shape index (κ2) is 8.17. The number of amides is 1. The molecule has 1 aliphatic heterocycles. The lowest BCUT2D eigenvalue weighted by molar-refractivity contribution is -0.00801. The minimum Gasteiger partial charge on any atom is -0.490 e. The molecule has 1 aromatic rings. The SMILES string of the molecule is CCCCOc1ccc2c(c1F)C(=O)N(C[C@H]1CC[C@H](C(C)(C)O)CC1)C2. The zero-order chi connectivity index (χ0) is 19.6. The molecule has 0 atom stereocenters. The number of unbranched alkanes of at least 4 members (excludes halogenated alkanes) is 1. The molecule has 5 heteroatoms. The summed E-state index contributed by atoms with van der Waals surface area (Å²) in [5.41, 5.74) is 0.307. The van der Waals surface area contributed by atoms with Crippen molar-refractivity contribution in [2.75, 3.05) is 13.2 Å². The van der Waals surface area contributed by atoms with Gasteiger partial charge in [0.05, 0.1) is 17.8 Å². The van der Waals surface area contributed by atoms with Crippen LogP contribution in [0.25, 0.3) is 0 Å². The molecule has 1 N–H and O–H groups in total. The summed E-state index contributed by atoms with van der Waals surface area (Å²) in [6, 6.07) is 3.47. The average Bonchev–Trinajstić information content (AvgIpc) is 2.93. The van der Waals surface area contributed by atoms with Gasteiger partial charge in [0.25, 0.3) is 5.91 Å². The second-order valence-electron chi connectivity index (χ2n) is 8.67. The number of aliphatic hydroxyl groups is 1. The number of hydrogen-bond donors (Lipinski definition) is 1. The van der Waals surface area contributed by atoms with Crippen LogP contribution in [0, 0.1) is 17.7 Å². The highest BCUT2D eigenvalue weighted by Gasteiger charge is 2.36. The number of ether oxygens (including phenoxy) is 1. The van der Waals surface area contributed by atoms with Gasteiger partial charge in [-0.25, -0.2) is 4.39 Å². The minimum atomic E-state index is -0.637. The largest absolute Gasteiger partial charge is 0.490 e. The molecule has 1 aromatic carbocycles. The first-order chi connectivity index (χ1) is 12.8. The van der Waals surface area contributed by atoms with Gasteiger partial charge in [0.15, 0.2) is 11.6 Å². The van der Waals surface area contributed by atoms with Gasteiger partial charge in [0.2, 0.25) is 0 Å². The first-order valence-electron chi connectivity index (χ1n) is 10.3. The van der Waals surface area contributed by atoms with Crippen molar-refractivity contribution >= 4 is 5.91 Å². The normalized spacial score (nSPS) is 22.9. The smallest absolute Gasteiger partial charge is 0.257 e. The van der Waals surface area contributed by atoms with Crippen LogP contribution in [-0.2, 0) is 6.54 Å². The van der Waals surface area contributed by atoms with Crippen LogP contribution in [0.15, 0.2) is 12.1 Å². The Balaban J connectivity index is 1.61. The van der Waals surface area contributed by atoms with Gasteiger partial charge in [-0.05, 0) is 69.4 Å². The van der Waals surface area contributed by atoms with Crippen LogP contribution in [0.2, 0.25) is 0 Å². The van der Waals surface area contributed by atoms with Crippen molar-refractivity contribution < 1.29 is 19.0 Å². The van der Waals surface area contributed by atoms with Crippen molar-refractivity contribution in [1.29, 1.82) is 0 Å². The molecule has 1 amide bonds. The summed E-state index contributed by atoms with van der Waals surface area (Å²) in [7, 11) is 0. The van der Waals surface area contributed by atoms with Gasteiger partial charge in [-0.1, -0.05) is 19.4 Å². The van der Waals surface area contributed by atoms with Gasteiger partial charge in [-0.2, -0.15) is 0 Å². The average molecular weight is 378 g/mol. The lowest BCUT2D eigenvalue weighted by atomic mass is 9.75. The van der Waals surface area contributed by atoms with Crippen LogP contribution in [0.4, 0.5) is 4.39 Å². The Kier molecular flexibility index (Phi) is 6.09. The Hall–Kier alpha value is -1.62. The highest BCUT2D eigenvalue weighted by Crippen LogP contribution is 2.37. The maximum Gasteiger partial charge on any atom is 0.257 e. The summed E-state index contributed by atoms with van der Waals surface area (Å²) < 4.78 is 20.3. The predicted octanol–water partition coefficient (Wildman–Crippen LogP) is 4.54. The van der Waals surface area contributed by atoms with Crippen molar-refractivity contribution in [1.82, 2.24) is 4.90 Å². The number of carbonyl (C=O) groups excluding carboxylic acids is 1. The quantitative estimate of drug-likeness (QED) is 0.710. The Morgan fingerprint density at radius 3 is 2.59 bits per heavy atom. The molecule has 150 valence electrons. The molecular weight excluding hydrogens is 345 g/mol. The Bertz CT molecular complexity index is 675. The fraction of sp³-hybridized carbons (Fsp3) is 0.682. The van der Waals surface area contributed by atoms with E-state index in [0.717, 1.165) is 44.1 Å². The van der Waals surface area contributed by atoms with Crippen LogP contribution in [0.5, 0.6) is 5.75 Å². The zero-order valence-corrected chi connectivity index (χ0v) is 16.8. The van der Waals surface area contributed by atoms with E-state index in [9.17, 15) is 14.3 Å². The maximum absolute atomic E-state index is 14.8. The molecule has 0 unspecified atom stereocenters. The van der Waals surface area contributed by atoms with Crippen LogP contribution in [-0.4, -0.2) is 34.7 Å². The molecule has 0 bridgehead atoms. The number of halogens is 1. The van der Waals surface area contributed by atoms with Gasteiger partial charge in [-0.15, -0.1) is 0 Å². The van der Waals surface area contributed by atoms with Crippen molar-refractivity contribution in [2.24, 2.45) is 11.8 Å². The third-order valence-electron chi connectivity index (χ3n) is 6.13. The van der Waals surface area contributed by atoms with E-state index in [1.54, 1.807) is 11.0 Å². The highest BCUT2D eigenvalue weighted by atomic mass is 19.1. The Morgan fingerprint density at radius 2 is 1.96 bits per heavy atom. The fourth-order valence-corrected chi connectivity index (χ4v) is 4.34. The molecule has 1 fully saturated rings. The maximum atomic E-state index is 14.8. The van der Waals surface area contributed by atoms with E-state index in [4.69, 9.17) is 4.74 Å². The fourth-order valence-electron chi connectivity index (χ4n) is 4.34. The standard InChI is InChI=1S/C22H32FNO3/c1-4-5-12-27-18-11-8-16-14-24(21(25)19(16)20(18)23)13-15-6-9-17(10-7-15)22(2,3)26/h8,11,15,17,26H,4-7,9-10,12-14H2,1-3H3/t15-,17-. The number of hydrogen-bond acceptors (Lipinski definition) is 3. The summed E-state index contributed by atoms with van der Waals surface area (Å²) in [5.74, 6) is 0.198. The van der Waals surface area contributed by atoms with Gasteiger partial charge < -0.3 is 14.7 Å². The second-order valence-corrected chi connectivity index (χ2v) is 8.67. The topological polar surface area (TPSA) is 49.8 Å². The molecule has 1 heterocycles. The molecule has 4 nitrogen and oxygen atoms in total. The van der Waals surface area contributed by atoms with E-state index in [1.807, 2.05) is 19.9 Å². The summed E-state index contributed by atoms with van der Waals surface area (Å²) in [6.45, 7) is 7.42. The molecule has 1 aliphatic carbocycles. The number of benzene rings is 1. The highest BCUT2D eigenvalue weighted by molar-refractivity contribution is 5.99. The first-order valence-corrected chi connectivity index (χ1v) is 10.3. The van der Waals surface area contributed by atoms with E-state index >= 15 is 0 Å². The summed E-state index contributed by atoms with van der Waals surface area (Å²) in [4.78, 5) is 14.6. The van der Waals surface area contributed by atoms with Crippen molar-refractivity contribution in [3.8, 4) is 5.75 Å². The number of carbonyl (C=O) groups is 1. The van der Waals surface area contributed by atoms with Crippen LogP contribution >= 0.6 is 0 Å². The van der Waals surface area contributed by atoms with Gasteiger partial charge in [0.1, 0.15) is 0 Å². The van der Waals surface area contributed by atoms with Gasteiger partial charge in [0, 0.05) is 13.1 Å². The molecular formula is C22H32FNO3.